The van der Waals surface area contributed by atoms with Crippen LogP contribution < -0.4 is 16.4 Å². The highest BCUT2D eigenvalue weighted by Gasteiger charge is 2.25. The number of fused-ring (bicyclic) bond motifs is 1. The third kappa shape index (κ3) is 4.19. The standard InChI is InChI=1S/C20H17FN8O3/c1-11-22-27-28-29(11)16(10-12-6-8-13(21)9-7-12)19(31)25-26-20(32)17-14-4-2-3-5-15(14)18(30)24-23-17/h2-9,16H,10H2,1H3,(H,24,30)(H,25,31)(H,26,32). The van der Waals surface area contributed by atoms with Gasteiger partial charge in [-0.3, -0.25) is 25.2 Å². The Morgan fingerprint density at radius 1 is 1.09 bits per heavy atom. The van der Waals surface area contributed by atoms with Gasteiger partial charge in [-0.25, -0.2) is 14.2 Å². The lowest BCUT2D eigenvalue weighted by Crippen LogP contribution is -2.46. The highest BCUT2D eigenvalue weighted by molar-refractivity contribution is 6.05. The quantitative estimate of drug-likeness (QED) is 0.388. The normalized spacial score (nSPS) is 11.8. The first-order valence-electron chi connectivity index (χ1n) is 9.50. The first kappa shape index (κ1) is 20.8. The summed E-state index contributed by atoms with van der Waals surface area (Å²) in [7, 11) is 0. The van der Waals surface area contributed by atoms with Crippen LogP contribution in [-0.2, 0) is 11.2 Å². The van der Waals surface area contributed by atoms with Crippen LogP contribution in [0, 0.1) is 12.7 Å². The second-order valence-corrected chi connectivity index (χ2v) is 6.91. The van der Waals surface area contributed by atoms with Crippen molar-refractivity contribution < 1.29 is 14.0 Å². The van der Waals surface area contributed by atoms with E-state index in [0.717, 1.165) is 0 Å². The number of benzene rings is 2. The molecule has 0 bridgehead atoms. The summed E-state index contributed by atoms with van der Waals surface area (Å²) in [6.07, 6.45) is 0.147. The molecule has 12 heteroatoms. The second-order valence-electron chi connectivity index (χ2n) is 6.91. The molecule has 162 valence electrons. The number of halogens is 1. The average molecular weight is 436 g/mol. The summed E-state index contributed by atoms with van der Waals surface area (Å²) in [5, 5.41) is 17.9. The SMILES string of the molecule is Cc1nnnn1C(Cc1ccc(F)cc1)C(=O)NNC(=O)c1n[nH]c(=O)c2ccccc12. The minimum atomic E-state index is -0.920. The van der Waals surface area contributed by atoms with E-state index in [1.807, 2.05) is 0 Å². The van der Waals surface area contributed by atoms with Crippen LogP contribution in [-0.4, -0.2) is 42.2 Å². The Hall–Kier alpha value is -4.48. The number of aryl methyl sites for hydroxylation is 1. The molecule has 2 amide bonds. The van der Waals surface area contributed by atoms with Crippen LogP contribution in [0.15, 0.2) is 53.3 Å². The molecule has 32 heavy (non-hydrogen) atoms. The summed E-state index contributed by atoms with van der Waals surface area (Å²) in [6.45, 7) is 1.62. The number of hydrogen-bond acceptors (Lipinski definition) is 7. The van der Waals surface area contributed by atoms with Gasteiger partial charge in [0.2, 0.25) is 0 Å². The number of tetrazole rings is 1. The monoisotopic (exact) mass is 436 g/mol. The van der Waals surface area contributed by atoms with Crippen LogP contribution in [0.5, 0.6) is 0 Å². The van der Waals surface area contributed by atoms with Gasteiger partial charge in [-0.2, -0.15) is 5.10 Å². The molecule has 4 rings (SSSR count). The molecule has 0 saturated heterocycles. The predicted molar refractivity (Wildman–Crippen MR) is 110 cm³/mol. The van der Waals surface area contributed by atoms with Crippen LogP contribution in [0.3, 0.4) is 0 Å². The number of hydrogen-bond donors (Lipinski definition) is 3. The lowest BCUT2D eigenvalue weighted by Gasteiger charge is -2.18. The van der Waals surface area contributed by atoms with Crippen LogP contribution in [0.1, 0.15) is 27.9 Å². The van der Waals surface area contributed by atoms with Gasteiger partial charge in [0, 0.05) is 11.8 Å². The maximum absolute atomic E-state index is 13.2. The molecule has 11 nitrogen and oxygen atoms in total. The molecule has 0 fully saturated rings. The molecule has 3 N–H and O–H groups in total. The fourth-order valence-corrected chi connectivity index (χ4v) is 3.21. The van der Waals surface area contributed by atoms with E-state index >= 15 is 0 Å². The van der Waals surface area contributed by atoms with E-state index in [1.165, 1.54) is 16.8 Å². The molecule has 2 heterocycles. The van der Waals surface area contributed by atoms with E-state index in [4.69, 9.17) is 0 Å². The molecule has 1 atom stereocenters. The number of nitrogens with one attached hydrogen (secondary N) is 3. The van der Waals surface area contributed by atoms with Gasteiger partial charge in [-0.15, -0.1) is 5.10 Å². The molecular weight excluding hydrogens is 419 g/mol. The van der Waals surface area contributed by atoms with Crippen molar-refractivity contribution in [3.63, 3.8) is 0 Å². The van der Waals surface area contributed by atoms with Crippen LogP contribution in [0.4, 0.5) is 4.39 Å². The van der Waals surface area contributed by atoms with Crippen LogP contribution in [0.2, 0.25) is 0 Å². The molecular formula is C20H17FN8O3. The Balaban J connectivity index is 1.54. The average Bonchev–Trinajstić information content (AvgIpc) is 3.22. The zero-order chi connectivity index (χ0) is 22.7. The third-order valence-electron chi connectivity index (χ3n) is 4.81. The Bertz CT molecular complexity index is 1350. The number of aromatic nitrogens is 6. The zero-order valence-electron chi connectivity index (χ0n) is 16.7. The second kappa shape index (κ2) is 8.71. The topological polar surface area (TPSA) is 148 Å². The van der Waals surface area contributed by atoms with Gasteiger partial charge in [0.15, 0.2) is 5.69 Å². The van der Waals surface area contributed by atoms with Crippen LogP contribution in [0.25, 0.3) is 10.8 Å². The summed E-state index contributed by atoms with van der Waals surface area (Å²) >= 11 is 0. The summed E-state index contributed by atoms with van der Waals surface area (Å²) in [5.41, 5.74) is 4.82. The van der Waals surface area contributed by atoms with Crippen LogP contribution >= 0.6 is 0 Å². The van der Waals surface area contributed by atoms with Crippen molar-refractivity contribution in [2.75, 3.05) is 0 Å². The first-order valence-corrected chi connectivity index (χ1v) is 9.50. The number of nitrogens with zero attached hydrogens (tertiary/aromatic N) is 5. The molecule has 0 aliphatic heterocycles. The first-order chi connectivity index (χ1) is 15.4. The fraction of sp³-hybridized carbons (Fsp3) is 0.150. The van der Waals surface area contributed by atoms with Crippen molar-refractivity contribution in [1.82, 2.24) is 41.3 Å². The Morgan fingerprint density at radius 2 is 1.81 bits per heavy atom. The van der Waals surface area contributed by atoms with Gasteiger partial charge in [0.1, 0.15) is 17.7 Å². The van der Waals surface area contributed by atoms with E-state index in [2.05, 4.69) is 36.6 Å². The van der Waals surface area contributed by atoms with E-state index in [9.17, 15) is 18.8 Å². The van der Waals surface area contributed by atoms with Crippen molar-refractivity contribution in [2.45, 2.75) is 19.4 Å². The number of aromatic amines is 1. The Kier molecular flexibility index (Phi) is 5.66. The fourth-order valence-electron chi connectivity index (χ4n) is 3.21. The van der Waals surface area contributed by atoms with Gasteiger partial charge in [-0.1, -0.05) is 30.3 Å². The number of carbonyl (C=O) groups excluding carboxylic acids is 2. The van der Waals surface area contributed by atoms with Gasteiger partial charge in [0.05, 0.1) is 5.39 Å². The predicted octanol–water partition coefficient (Wildman–Crippen LogP) is 0.602. The third-order valence-corrected chi connectivity index (χ3v) is 4.81. The van der Waals surface area contributed by atoms with Crippen molar-refractivity contribution >= 4 is 22.6 Å². The Labute approximate surface area is 179 Å². The maximum Gasteiger partial charge on any atom is 0.290 e. The molecule has 2 aromatic carbocycles. The molecule has 0 spiro atoms. The molecule has 2 aromatic heterocycles. The molecule has 4 aromatic rings. The van der Waals surface area contributed by atoms with E-state index in [1.54, 1.807) is 43.3 Å². The van der Waals surface area contributed by atoms with Crippen molar-refractivity contribution in [3.8, 4) is 0 Å². The lowest BCUT2D eigenvalue weighted by molar-refractivity contribution is -0.125. The van der Waals surface area contributed by atoms with Gasteiger partial charge < -0.3 is 0 Å². The summed E-state index contributed by atoms with van der Waals surface area (Å²) in [6, 6.07) is 11.2. The number of amides is 2. The van der Waals surface area contributed by atoms with E-state index in [0.29, 0.717) is 16.8 Å². The molecule has 0 aliphatic carbocycles. The number of hydrazine groups is 1. The number of carbonyl (C=O) groups is 2. The van der Waals surface area contributed by atoms with E-state index in [-0.39, 0.29) is 17.5 Å². The Morgan fingerprint density at radius 3 is 2.50 bits per heavy atom. The molecule has 1 unspecified atom stereocenters. The molecule has 0 saturated carbocycles. The minimum absolute atomic E-state index is 0.0609. The van der Waals surface area contributed by atoms with Gasteiger partial charge >= 0.3 is 0 Å². The van der Waals surface area contributed by atoms with Crippen molar-refractivity contribution in [1.29, 1.82) is 0 Å². The highest BCUT2D eigenvalue weighted by Crippen LogP contribution is 2.16. The molecule has 0 radical (unpaired) electrons. The number of H-pyrrole nitrogens is 1. The molecule has 0 aliphatic rings. The highest BCUT2D eigenvalue weighted by atomic mass is 19.1. The van der Waals surface area contributed by atoms with E-state index < -0.39 is 29.2 Å². The number of rotatable bonds is 5. The van der Waals surface area contributed by atoms with Crippen molar-refractivity contribution in [2.24, 2.45) is 0 Å². The summed E-state index contributed by atoms with van der Waals surface area (Å²) in [5.74, 6) is -1.35. The summed E-state index contributed by atoms with van der Waals surface area (Å²) in [4.78, 5) is 37.5. The minimum Gasteiger partial charge on any atom is -0.271 e. The summed E-state index contributed by atoms with van der Waals surface area (Å²) < 4.78 is 14.5. The largest absolute Gasteiger partial charge is 0.290 e. The lowest BCUT2D eigenvalue weighted by atomic mass is 10.1. The smallest absolute Gasteiger partial charge is 0.271 e. The van der Waals surface area contributed by atoms with Crippen molar-refractivity contribution in [3.05, 3.63) is 81.8 Å². The maximum atomic E-state index is 13.2. The van der Waals surface area contributed by atoms with Gasteiger partial charge in [0.25, 0.3) is 17.4 Å². The zero-order valence-corrected chi connectivity index (χ0v) is 16.7. The van der Waals surface area contributed by atoms with Gasteiger partial charge in [-0.05, 0) is 41.1 Å².